The van der Waals surface area contributed by atoms with E-state index >= 15 is 0 Å². The third-order valence-electron chi connectivity index (χ3n) is 6.09. The second-order valence-corrected chi connectivity index (χ2v) is 10.0. The second kappa shape index (κ2) is 10.5. The molecule has 0 spiro atoms. The van der Waals surface area contributed by atoms with Gasteiger partial charge in [0.1, 0.15) is 10.9 Å². The number of anilines is 1. The van der Waals surface area contributed by atoms with E-state index in [1.54, 1.807) is 4.90 Å². The first kappa shape index (κ1) is 24.1. The van der Waals surface area contributed by atoms with E-state index in [1.807, 2.05) is 76.2 Å². The summed E-state index contributed by atoms with van der Waals surface area (Å²) in [5.41, 5.74) is 4.08. The lowest BCUT2D eigenvalue weighted by molar-refractivity contribution is -0.123. The van der Waals surface area contributed by atoms with Crippen molar-refractivity contribution < 1.29 is 14.3 Å². The molecule has 0 aliphatic carbocycles. The van der Waals surface area contributed by atoms with Crippen molar-refractivity contribution in [3.63, 3.8) is 0 Å². The van der Waals surface area contributed by atoms with Gasteiger partial charge in [0, 0.05) is 18.8 Å². The molecule has 1 aliphatic rings. The first-order valence-corrected chi connectivity index (χ1v) is 12.5. The Morgan fingerprint density at radius 1 is 1.15 bits per heavy atom. The van der Waals surface area contributed by atoms with Gasteiger partial charge in [-0.3, -0.25) is 14.5 Å². The molecule has 0 unspecified atom stereocenters. The first-order chi connectivity index (χ1) is 16.3. The second-order valence-electron chi connectivity index (χ2n) is 8.81. The van der Waals surface area contributed by atoms with Crippen LogP contribution < -0.4 is 10.2 Å². The fourth-order valence-electron chi connectivity index (χ4n) is 4.35. The summed E-state index contributed by atoms with van der Waals surface area (Å²) in [5.74, 6) is -0.451. The molecule has 2 atom stereocenters. The number of aryl methyl sites for hydroxylation is 4. The van der Waals surface area contributed by atoms with E-state index in [1.165, 1.54) is 11.3 Å². The van der Waals surface area contributed by atoms with Crippen LogP contribution in [0, 0.1) is 27.7 Å². The zero-order valence-corrected chi connectivity index (χ0v) is 20.9. The van der Waals surface area contributed by atoms with Crippen molar-refractivity contribution in [2.24, 2.45) is 0 Å². The average Bonchev–Trinajstić information content (AvgIpc) is 3.46. The highest BCUT2D eigenvalue weighted by Gasteiger charge is 2.36. The number of carbonyl (C=O) groups excluding carboxylic acids is 2. The highest BCUT2D eigenvalue weighted by atomic mass is 32.1. The van der Waals surface area contributed by atoms with Crippen LogP contribution in [0.1, 0.15) is 55.9 Å². The van der Waals surface area contributed by atoms with Crippen LogP contribution in [0.25, 0.3) is 0 Å². The van der Waals surface area contributed by atoms with E-state index < -0.39 is 6.04 Å². The number of hydrogen-bond donors (Lipinski definition) is 1. The van der Waals surface area contributed by atoms with Gasteiger partial charge in [0.2, 0.25) is 5.91 Å². The fourth-order valence-corrected chi connectivity index (χ4v) is 5.21. The van der Waals surface area contributed by atoms with Gasteiger partial charge in [-0.1, -0.05) is 42.5 Å². The molecule has 0 bridgehead atoms. The smallest absolute Gasteiger partial charge is 0.271 e. The lowest BCUT2D eigenvalue weighted by Gasteiger charge is -2.33. The predicted molar refractivity (Wildman–Crippen MR) is 135 cm³/mol. The van der Waals surface area contributed by atoms with Crippen LogP contribution in [0.15, 0.2) is 48.5 Å². The van der Waals surface area contributed by atoms with Crippen LogP contribution in [0.2, 0.25) is 0 Å². The molecule has 178 valence electrons. The molecule has 1 fully saturated rings. The normalized spacial score (nSPS) is 16.3. The molecule has 1 aliphatic heterocycles. The first-order valence-electron chi connectivity index (χ1n) is 11.6. The minimum absolute atomic E-state index is 0.0108. The van der Waals surface area contributed by atoms with Crippen molar-refractivity contribution in [2.45, 2.75) is 52.7 Å². The SMILES string of the molecule is Cc1ccc(C)c(N(C(=O)c2sc(C)nc2C)[C@H](C(=O)NC[C@H]2CCCO2)c2ccccc2)c1. The number of aromatic nitrogens is 1. The zero-order valence-electron chi connectivity index (χ0n) is 20.1. The molecule has 1 N–H and O–H groups in total. The summed E-state index contributed by atoms with van der Waals surface area (Å²) in [6.07, 6.45) is 1.94. The Morgan fingerprint density at radius 2 is 1.91 bits per heavy atom. The van der Waals surface area contributed by atoms with Crippen molar-refractivity contribution in [3.8, 4) is 0 Å². The van der Waals surface area contributed by atoms with Crippen molar-refractivity contribution >= 4 is 28.8 Å². The van der Waals surface area contributed by atoms with E-state index in [-0.39, 0.29) is 17.9 Å². The third-order valence-corrected chi connectivity index (χ3v) is 7.15. The summed E-state index contributed by atoms with van der Waals surface area (Å²) in [7, 11) is 0. The number of amides is 2. The monoisotopic (exact) mass is 477 g/mol. The average molecular weight is 478 g/mol. The maximum Gasteiger partial charge on any atom is 0.271 e. The summed E-state index contributed by atoms with van der Waals surface area (Å²) in [6.45, 7) is 8.83. The summed E-state index contributed by atoms with van der Waals surface area (Å²) in [6, 6.07) is 14.6. The Balaban J connectivity index is 1.81. The standard InChI is InChI=1S/C27H31N3O3S/c1-17-12-13-18(2)23(15-17)30(27(32)25-19(3)29-20(4)34-25)24(21-9-6-5-7-10-21)26(31)28-16-22-11-8-14-33-22/h5-7,9-10,12-13,15,22,24H,8,11,14,16H2,1-4H3,(H,28,31)/t22-,24+/m1/s1. The molecule has 2 aromatic carbocycles. The molecule has 6 nitrogen and oxygen atoms in total. The van der Waals surface area contributed by atoms with Gasteiger partial charge < -0.3 is 10.1 Å². The Labute approximate surface area is 205 Å². The number of benzene rings is 2. The molecular weight excluding hydrogens is 446 g/mol. The van der Waals surface area contributed by atoms with Crippen molar-refractivity contribution in [3.05, 3.63) is 80.8 Å². The van der Waals surface area contributed by atoms with Gasteiger partial charge in [0.15, 0.2) is 0 Å². The molecule has 3 aromatic rings. The summed E-state index contributed by atoms with van der Waals surface area (Å²) in [5, 5.41) is 3.88. The molecule has 0 saturated carbocycles. The number of nitrogens with zero attached hydrogens (tertiary/aromatic N) is 2. The van der Waals surface area contributed by atoms with Crippen molar-refractivity contribution in [2.75, 3.05) is 18.1 Å². The number of carbonyl (C=O) groups is 2. The number of rotatable bonds is 7. The van der Waals surface area contributed by atoms with Crippen LogP contribution in [-0.2, 0) is 9.53 Å². The molecule has 34 heavy (non-hydrogen) atoms. The Kier molecular flexibility index (Phi) is 7.44. The summed E-state index contributed by atoms with van der Waals surface area (Å²) in [4.78, 5) is 34.5. The van der Waals surface area contributed by atoms with E-state index in [2.05, 4.69) is 10.3 Å². The van der Waals surface area contributed by atoms with Crippen LogP contribution in [0.4, 0.5) is 5.69 Å². The molecule has 1 aromatic heterocycles. The Bertz CT molecular complexity index is 1170. The molecule has 0 radical (unpaired) electrons. The minimum Gasteiger partial charge on any atom is -0.376 e. The third kappa shape index (κ3) is 5.21. The summed E-state index contributed by atoms with van der Waals surface area (Å²) < 4.78 is 5.70. The Morgan fingerprint density at radius 3 is 2.56 bits per heavy atom. The maximum absolute atomic E-state index is 14.1. The molecule has 4 rings (SSSR count). The fraction of sp³-hybridized carbons (Fsp3) is 0.370. The highest BCUT2D eigenvalue weighted by molar-refractivity contribution is 7.13. The largest absolute Gasteiger partial charge is 0.376 e. The van der Waals surface area contributed by atoms with Crippen molar-refractivity contribution in [1.82, 2.24) is 10.3 Å². The molecule has 2 amide bonds. The molecule has 2 heterocycles. The molecule has 7 heteroatoms. The van der Waals surface area contributed by atoms with E-state index in [0.29, 0.717) is 17.1 Å². The van der Waals surface area contributed by atoms with Crippen molar-refractivity contribution in [1.29, 1.82) is 0 Å². The van der Waals surface area contributed by atoms with E-state index in [4.69, 9.17) is 4.74 Å². The van der Waals surface area contributed by atoms with Gasteiger partial charge in [0.05, 0.1) is 16.8 Å². The van der Waals surface area contributed by atoms with Crippen LogP contribution in [-0.4, -0.2) is 36.1 Å². The Hall–Kier alpha value is -3.03. The lowest BCUT2D eigenvalue weighted by atomic mass is 10.0. The number of nitrogens with one attached hydrogen (secondary N) is 1. The van der Waals surface area contributed by atoms with Gasteiger partial charge in [-0.15, -0.1) is 11.3 Å². The molecular formula is C27H31N3O3S. The van der Waals surface area contributed by atoms with Crippen LogP contribution in [0.3, 0.4) is 0 Å². The lowest BCUT2D eigenvalue weighted by Crippen LogP contribution is -2.46. The number of hydrogen-bond acceptors (Lipinski definition) is 5. The van der Waals surface area contributed by atoms with E-state index in [0.717, 1.165) is 46.8 Å². The number of ether oxygens (including phenoxy) is 1. The minimum atomic E-state index is -0.836. The predicted octanol–water partition coefficient (Wildman–Crippen LogP) is 5.06. The highest BCUT2D eigenvalue weighted by Crippen LogP contribution is 2.34. The van der Waals surface area contributed by atoms with Gasteiger partial charge in [-0.25, -0.2) is 4.98 Å². The molecule has 1 saturated heterocycles. The van der Waals surface area contributed by atoms with Gasteiger partial charge in [0.25, 0.3) is 5.91 Å². The van der Waals surface area contributed by atoms with Gasteiger partial charge in [-0.05, 0) is 63.3 Å². The zero-order chi connectivity index (χ0) is 24.2. The van der Waals surface area contributed by atoms with Gasteiger partial charge in [-0.2, -0.15) is 0 Å². The summed E-state index contributed by atoms with van der Waals surface area (Å²) >= 11 is 1.36. The quantitative estimate of drug-likeness (QED) is 0.516. The maximum atomic E-state index is 14.1. The van der Waals surface area contributed by atoms with E-state index in [9.17, 15) is 9.59 Å². The topological polar surface area (TPSA) is 71.5 Å². The van der Waals surface area contributed by atoms with Gasteiger partial charge >= 0.3 is 0 Å². The number of thiazole rings is 1. The van der Waals surface area contributed by atoms with Crippen LogP contribution in [0.5, 0.6) is 0 Å². The van der Waals surface area contributed by atoms with Crippen LogP contribution >= 0.6 is 11.3 Å².